The van der Waals surface area contributed by atoms with E-state index in [1.165, 1.54) is 0 Å². The summed E-state index contributed by atoms with van der Waals surface area (Å²) in [5, 5.41) is 9.10. The van der Waals surface area contributed by atoms with Crippen molar-refractivity contribution in [1.29, 1.82) is 0 Å². The van der Waals surface area contributed by atoms with Gasteiger partial charge in [0.2, 0.25) is 0 Å². The Balaban J connectivity index is 1.40. The van der Waals surface area contributed by atoms with Gasteiger partial charge in [-0.1, -0.05) is 12.1 Å². The van der Waals surface area contributed by atoms with Gasteiger partial charge in [-0.05, 0) is 49.6 Å². The van der Waals surface area contributed by atoms with Crippen LogP contribution in [0.5, 0.6) is 5.75 Å². The Hall–Kier alpha value is -3.35. The van der Waals surface area contributed by atoms with Gasteiger partial charge >= 0.3 is 5.97 Å². The Morgan fingerprint density at radius 3 is 2.72 bits per heavy atom. The number of aromatic nitrogens is 2. The summed E-state index contributed by atoms with van der Waals surface area (Å²) in [5.74, 6) is -0.635. The Morgan fingerprint density at radius 1 is 1.17 bits per heavy atom. The lowest BCUT2D eigenvalue weighted by atomic mass is 9.96. The topological polar surface area (TPSA) is 84.1 Å². The number of pyridine rings is 1. The molecule has 1 aliphatic rings. The number of fused-ring (bicyclic) bond motifs is 1. The molecule has 1 fully saturated rings. The Morgan fingerprint density at radius 2 is 1.97 bits per heavy atom. The molecule has 0 aliphatic carbocycles. The normalized spacial score (nSPS) is 14.9. The number of ether oxygens (including phenoxy) is 1. The maximum Gasteiger partial charge on any atom is 0.306 e. The highest BCUT2D eigenvalue weighted by molar-refractivity contribution is 5.94. The van der Waals surface area contributed by atoms with Gasteiger partial charge in [0.15, 0.2) is 0 Å². The molecular weight excluding hydrogens is 370 g/mol. The third kappa shape index (κ3) is 4.23. The van der Waals surface area contributed by atoms with Crippen LogP contribution in [0.25, 0.3) is 5.65 Å². The second-order valence-corrected chi connectivity index (χ2v) is 7.43. The van der Waals surface area contributed by atoms with E-state index in [1.807, 2.05) is 41.9 Å². The number of carbonyl (C=O) groups excluding carboxylic acids is 1. The SMILES string of the molecule is Cc1ccc2nc(COc3cccc(C(=O)N4CCC(C(=O)O)CC4)c3)cn2c1. The summed E-state index contributed by atoms with van der Waals surface area (Å²) in [6.45, 7) is 3.26. The molecule has 1 amide bonds. The number of aliphatic carboxylic acids is 1. The molecule has 0 unspecified atom stereocenters. The van der Waals surface area contributed by atoms with Gasteiger partial charge in [-0.2, -0.15) is 0 Å². The fraction of sp³-hybridized carbons (Fsp3) is 0.318. The van der Waals surface area contributed by atoms with Gasteiger partial charge in [0.1, 0.15) is 18.0 Å². The number of rotatable bonds is 5. The van der Waals surface area contributed by atoms with Crippen molar-refractivity contribution in [2.75, 3.05) is 13.1 Å². The number of likely N-dealkylation sites (tertiary alicyclic amines) is 1. The molecule has 0 radical (unpaired) electrons. The van der Waals surface area contributed by atoms with Gasteiger partial charge in [0.05, 0.1) is 11.6 Å². The van der Waals surface area contributed by atoms with Crippen LogP contribution < -0.4 is 4.74 Å². The van der Waals surface area contributed by atoms with E-state index >= 15 is 0 Å². The number of piperidine rings is 1. The third-order valence-corrected chi connectivity index (χ3v) is 5.25. The highest BCUT2D eigenvalue weighted by Crippen LogP contribution is 2.21. The van der Waals surface area contributed by atoms with Crippen molar-refractivity contribution in [1.82, 2.24) is 14.3 Å². The molecule has 1 N–H and O–H groups in total. The molecular formula is C22H23N3O4. The molecule has 29 heavy (non-hydrogen) atoms. The number of carboxylic acids is 1. The van der Waals surface area contributed by atoms with E-state index in [-0.39, 0.29) is 11.8 Å². The standard InChI is InChI=1S/C22H23N3O4/c1-15-5-6-20-23-18(13-25(20)12-15)14-29-19-4-2-3-17(11-19)21(26)24-9-7-16(8-10-24)22(27)28/h2-6,11-13,16H,7-10,14H2,1H3,(H,27,28). The highest BCUT2D eigenvalue weighted by Gasteiger charge is 2.27. The summed E-state index contributed by atoms with van der Waals surface area (Å²) < 4.78 is 7.82. The van der Waals surface area contributed by atoms with Gasteiger partial charge in [0.25, 0.3) is 5.91 Å². The fourth-order valence-corrected chi connectivity index (χ4v) is 3.61. The second kappa shape index (κ2) is 7.95. The van der Waals surface area contributed by atoms with Gasteiger partial charge in [-0.15, -0.1) is 0 Å². The minimum atomic E-state index is -0.783. The first-order valence-electron chi connectivity index (χ1n) is 9.69. The number of carbonyl (C=O) groups is 2. The number of imidazole rings is 1. The largest absolute Gasteiger partial charge is 0.487 e. The third-order valence-electron chi connectivity index (χ3n) is 5.25. The van der Waals surface area contributed by atoms with Crippen LogP contribution >= 0.6 is 0 Å². The summed E-state index contributed by atoms with van der Waals surface area (Å²) in [6, 6.07) is 11.1. The van der Waals surface area contributed by atoms with Crippen molar-refractivity contribution in [2.24, 2.45) is 5.92 Å². The van der Waals surface area contributed by atoms with Crippen LogP contribution in [0.3, 0.4) is 0 Å². The lowest BCUT2D eigenvalue weighted by Gasteiger charge is -2.30. The van der Waals surface area contributed by atoms with Crippen LogP contribution in [0.15, 0.2) is 48.8 Å². The van der Waals surface area contributed by atoms with Crippen molar-refractivity contribution >= 4 is 17.5 Å². The number of benzene rings is 1. The average molecular weight is 393 g/mol. The van der Waals surface area contributed by atoms with Gasteiger partial charge in [-0.3, -0.25) is 9.59 Å². The molecule has 3 aromatic rings. The maximum atomic E-state index is 12.8. The van der Waals surface area contributed by atoms with E-state index in [0.29, 0.717) is 43.9 Å². The number of amides is 1. The Labute approximate surface area is 168 Å². The predicted molar refractivity (Wildman–Crippen MR) is 107 cm³/mol. The van der Waals surface area contributed by atoms with Crippen molar-refractivity contribution in [2.45, 2.75) is 26.4 Å². The molecule has 7 nitrogen and oxygen atoms in total. The van der Waals surface area contributed by atoms with E-state index in [0.717, 1.165) is 16.9 Å². The van der Waals surface area contributed by atoms with Gasteiger partial charge in [0, 0.05) is 31.0 Å². The first kappa shape index (κ1) is 19.0. The quantitative estimate of drug-likeness (QED) is 0.720. The lowest BCUT2D eigenvalue weighted by Crippen LogP contribution is -2.40. The first-order valence-corrected chi connectivity index (χ1v) is 9.69. The zero-order chi connectivity index (χ0) is 20.4. The molecule has 150 valence electrons. The lowest BCUT2D eigenvalue weighted by molar-refractivity contribution is -0.143. The van der Waals surface area contributed by atoms with Crippen LogP contribution in [0.2, 0.25) is 0 Å². The van der Waals surface area contributed by atoms with Crippen molar-refractivity contribution < 1.29 is 19.4 Å². The summed E-state index contributed by atoms with van der Waals surface area (Å²) in [7, 11) is 0. The molecule has 0 saturated carbocycles. The summed E-state index contributed by atoms with van der Waals surface area (Å²) in [4.78, 5) is 30.1. The Bertz CT molecular complexity index is 1050. The Kier molecular flexibility index (Phi) is 5.20. The van der Waals surface area contributed by atoms with Gasteiger partial charge < -0.3 is 19.1 Å². The maximum absolute atomic E-state index is 12.8. The number of aryl methyl sites for hydroxylation is 1. The van der Waals surface area contributed by atoms with Crippen molar-refractivity contribution in [3.8, 4) is 5.75 Å². The summed E-state index contributed by atoms with van der Waals surface area (Å²) in [6.07, 6.45) is 4.93. The molecule has 0 spiro atoms. The minimum Gasteiger partial charge on any atom is -0.487 e. The van der Waals surface area contributed by atoms with E-state index in [1.54, 1.807) is 23.1 Å². The number of nitrogens with zero attached hydrogens (tertiary/aromatic N) is 3. The number of hydrogen-bond donors (Lipinski definition) is 1. The monoisotopic (exact) mass is 393 g/mol. The number of hydrogen-bond acceptors (Lipinski definition) is 4. The van der Waals surface area contributed by atoms with Crippen LogP contribution in [-0.4, -0.2) is 44.4 Å². The van der Waals surface area contributed by atoms with Crippen molar-refractivity contribution in [3.63, 3.8) is 0 Å². The van der Waals surface area contributed by atoms with Crippen LogP contribution in [0.1, 0.15) is 34.5 Å². The van der Waals surface area contributed by atoms with E-state index in [2.05, 4.69) is 4.98 Å². The zero-order valence-corrected chi connectivity index (χ0v) is 16.2. The molecule has 1 saturated heterocycles. The average Bonchev–Trinajstić information content (AvgIpc) is 3.14. The fourth-order valence-electron chi connectivity index (χ4n) is 3.61. The molecule has 4 rings (SSSR count). The smallest absolute Gasteiger partial charge is 0.306 e. The second-order valence-electron chi connectivity index (χ2n) is 7.43. The van der Waals surface area contributed by atoms with E-state index < -0.39 is 5.97 Å². The molecule has 0 bridgehead atoms. The van der Waals surface area contributed by atoms with Crippen LogP contribution in [-0.2, 0) is 11.4 Å². The highest BCUT2D eigenvalue weighted by atomic mass is 16.5. The summed E-state index contributed by atoms with van der Waals surface area (Å²) in [5.41, 5.74) is 3.37. The van der Waals surface area contributed by atoms with Crippen molar-refractivity contribution in [3.05, 3.63) is 65.6 Å². The first-order chi connectivity index (χ1) is 14.0. The molecule has 0 atom stereocenters. The minimum absolute atomic E-state index is 0.0949. The predicted octanol–water partition coefficient (Wildman–Crippen LogP) is 3.16. The van der Waals surface area contributed by atoms with E-state index in [4.69, 9.17) is 9.84 Å². The van der Waals surface area contributed by atoms with E-state index in [9.17, 15) is 9.59 Å². The molecule has 2 aromatic heterocycles. The molecule has 7 heteroatoms. The summed E-state index contributed by atoms with van der Waals surface area (Å²) >= 11 is 0. The molecule has 1 aromatic carbocycles. The van der Waals surface area contributed by atoms with Crippen LogP contribution in [0.4, 0.5) is 0 Å². The molecule has 3 heterocycles. The zero-order valence-electron chi connectivity index (χ0n) is 16.2. The number of carboxylic acid groups (broad SMARTS) is 1. The molecule has 1 aliphatic heterocycles. The van der Waals surface area contributed by atoms with Crippen LogP contribution in [0, 0.1) is 12.8 Å². The van der Waals surface area contributed by atoms with Gasteiger partial charge in [-0.25, -0.2) is 4.98 Å².